The molecule has 10 heteroatoms. The highest BCUT2D eigenvalue weighted by Gasteiger charge is 2.21. The van der Waals surface area contributed by atoms with Gasteiger partial charge in [0.2, 0.25) is 0 Å². The van der Waals surface area contributed by atoms with Gasteiger partial charge in [0.15, 0.2) is 0 Å². The lowest BCUT2D eigenvalue weighted by Crippen LogP contribution is -2.13. The minimum Gasteiger partial charge on any atom is -0.280 e. The first-order valence-corrected chi connectivity index (χ1v) is 10.0. The van der Waals surface area contributed by atoms with E-state index in [9.17, 15) is 18.5 Å². The lowest BCUT2D eigenvalue weighted by atomic mass is 10.3. The number of rotatable bonds is 7. The van der Waals surface area contributed by atoms with E-state index in [-0.39, 0.29) is 10.6 Å². The molecule has 2 N–H and O–H groups in total. The second-order valence-corrected chi connectivity index (χ2v) is 7.95. The molecule has 1 aromatic heterocycles. The van der Waals surface area contributed by atoms with Crippen LogP contribution in [0.25, 0.3) is 0 Å². The Morgan fingerprint density at radius 1 is 1.07 bits per heavy atom. The summed E-state index contributed by atoms with van der Waals surface area (Å²) in [5, 5.41) is 17.2. The van der Waals surface area contributed by atoms with Gasteiger partial charge in [0.05, 0.1) is 16.0 Å². The molecular weight excluding hydrogens is 388 g/mol. The first-order chi connectivity index (χ1) is 13.0. The quantitative estimate of drug-likeness (QED) is 0.353. The molecule has 27 heavy (non-hydrogen) atoms. The van der Waals surface area contributed by atoms with Gasteiger partial charge >= 0.3 is 0 Å². The Hall–Kier alpha value is -3.24. The molecule has 0 radical (unpaired) electrons. The Kier molecular flexibility index (Phi) is 5.48. The van der Waals surface area contributed by atoms with Crippen LogP contribution in [0.2, 0.25) is 0 Å². The summed E-state index contributed by atoms with van der Waals surface area (Å²) in [5.41, 5.74) is 2.64. The third-order valence-corrected chi connectivity index (χ3v) is 5.61. The molecule has 0 saturated carbocycles. The molecule has 0 spiro atoms. The smallest absolute Gasteiger partial charge is 0.280 e. The Morgan fingerprint density at radius 3 is 2.52 bits per heavy atom. The maximum Gasteiger partial charge on any atom is 0.295 e. The lowest BCUT2D eigenvalue weighted by Gasteiger charge is -2.09. The molecular formula is C17H14N4O4S2. The number of hydrogen-bond acceptors (Lipinski definition) is 7. The maximum atomic E-state index is 12.5. The van der Waals surface area contributed by atoms with E-state index in [1.807, 2.05) is 17.5 Å². The van der Waals surface area contributed by atoms with Crippen molar-refractivity contribution in [1.29, 1.82) is 0 Å². The van der Waals surface area contributed by atoms with Crippen LogP contribution in [0.1, 0.15) is 4.88 Å². The SMILES string of the molecule is O=[N+]([O-])c1cc(S(=O)(=O)Nc2ccccc2)ccc1N/N=C/c1cccs1. The second kappa shape index (κ2) is 7.98. The van der Waals surface area contributed by atoms with Crippen molar-refractivity contribution < 1.29 is 13.3 Å². The molecule has 0 aliphatic rings. The van der Waals surface area contributed by atoms with E-state index in [0.717, 1.165) is 10.9 Å². The summed E-state index contributed by atoms with van der Waals surface area (Å²) >= 11 is 1.46. The predicted octanol–water partition coefficient (Wildman–Crippen LogP) is 3.90. The molecule has 0 atom stereocenters. The Morgan fingerprint density at radius 2 is 1.85 bits per heavy atom. The fourth-order valence-electron chi connectivity index (χ4n) is 2.17. The largest absolute Gasteiger partial charge is 0.295 e. The van der Waals surface area contributed by atoms with Crippen molar-refractivity contribution in [3.63, 3.8) is 0 Å². The summed E-state index contributed by atoms with van der Waals surface area (Å²) < 4.78 is 27.3. The number of thiophene rings is 1. The third-order valence-electron chi connectivity index (χ3n) is 3.42. The zero-order valence-electron chi connectivity index (χ0n) is 13.8. The van der Waals surface area contributed by atoms with Crippen LogP contribution in [-0.4, -0.2) is 19.6 Å². The van der Waals surface area contributed by atoms with Crippen molar-refractivity contribution in [2.45, 2.75) is 4.90 Å². The van der Waals surface area contributed by atoms with Gasteiger partial charge in [0, 0.05) is 16.6 Å². The highest BCUT2D eigenvalue weighted by Crippen LogP contribution is 2.28. The average Bonchev–Trinajstić information content (AvgIpc) is 3.15. The van der Waals surface area contributed by atoms with Crippen LogP contribution < -0.4 is 10.1 Å². The monoisotopic (exact) mass is 402 g/mol. The summed E-state index contributed by atoms with van der Waals surface area (Å²) in [4.78, 5) is 11.3. The Bertz CT molecular complexity index is 1070. The van der Waals surface area contributed by atoms with Crippen molar-refractivity contribution in [2.24, 2.45) is 5.10 Å². The van der Waals surface area contributed by atoms with Crippen molar-refractivity contribution in [3.8, 4) is 0 Å². The summed E-state index contributed by atoms with van der Waals surface area (Å²) in [7, 11) is -3.96. The highest BCUT2D eigenvalue weighted by atomic mass is 32.2. The van der Waals surface area contributed by atoms with E-state index >= 15 is 0 Å². The Balaban J connectivity index is 1.85. The minimum atomic E-state index is -3.96. The van der Waals surface area contributed by atoms with Crippen LogP contribution >= 0.6 is 11.3 Å². The fraction of sp³-hybridized carbons (Fsp3) is 0. The molecule has 3 rings (SSSR count). The molecule has 0 fully saturated rings. The Labute approximate surface area is 159 Å². The molecule has 2 aromatic carbocycles. The molecule has 0 amide bonds. The van der Waals surface area contributed by atoms with Gasteiger partial charge in [-0.25, -0.2) is 8.42 Å². The van der Waals surface area contributed by atoms with Crippen LogP contribution in [-0.2, 0) is 10.0 Å². The van der Waals surface area contributed by atoms with E-state index < -0.39 is 20.6 Å². The summed E-state index contributed by atoms with van der Waals surface area (Å²) in [5.74, 6) is 0. The third kappa shape index (κ3) is 4.68. The second-order valence-electron chi connectivity index (χ2n) is 5.29. The normalized spacial score (nSPS) is 11.4. The van der Waals surface area contributed by atoms with E-state index in [2.05, 4.69) is 15.2 Å². The number of para-hydroxylation sites is 1. The van der Waals surface area contributed by atoms with Gasteiger partial charge in [0.1, 0.15) is 5.69 Å². The van der Waals surface area contributed by atoms with Crippen LogP contribution in [0.3, 0.4) is 0 Å². The molecule has 0 saturated heterocycles. The molecule has 0 bridgehead atoms. The summed E-state index contributed by atoms with van der Waals surface area (Å²) in [6, 6.07) is 15.6. The predicted molar refractivity (Wildman–Crippen MR) is 106 cm³/mol. The zero-order valence-corrected chi connectivity index (χ0v) is 15.4. The number of nitrogens with one attached hydrogen (secondary N) is 2. The molecule has 0 unspecified atom stereocenters. The first-order valence-electron chi connectivity index (χ1n) is 7.64. The van der Waals surface area contributed by atoms with Crippen LogP contribution in [0, 0.1) is 10.1 Å². The fourth-order valence-corrected chi connectivity index (χ4v) is 3.84. The molecule has 3 aromatic rings. The summed E-state index contributed by atoms with van der Waals surface area (Å²) in [6.45, 7) is 0. The van der Waals surface area contributed by atoms with Gasteiger partial charge in [-0.2, -0.15) is 5.10 Å². The molecule has 0 aliphatic carbocycles. The van der Waals surface area contributed by atoms with Crippen molar-refractivity contribution >= 4 is 44.6 Å². The number of anilines is 2. The van der Waals surface area contributed by atoms with Gasteiger partial charge in [-0.15, -0.1) is 11.3 Å². The number of hydrazone groups is 1. The van der Waals surface area contributed by atoms with E-state index in [4.69, 9.17) is 0 Å². The van der Waals surface area contributed by atoms with Gasteiger partial charge in [-0.05, 0) is 35.7 Å². The minimum absolute atomic E-state index is 0.0893. The van der Waals surface area contributed by atoms with Crippen molar-refractivity contribution in [1.82, 2.24) is 0 Å². The number of nitro groups is 1. The number of nitrogens with zero attached hydrogens (tertiary/aromatic N) is 2. The average molecular weight is 402 g/mol. The highest BCUT2D eigenvalue weighted by molar-refractivity contribution is 7.92. The molecule has 138 valence electrons. The maximum absolute atomic E-state index is 12.5. The van der Waals surface area contributed by atoms with Gasteiger partial charge in [-0.3, -0.25) is 20.3 Å². The van der Waals surface area contributed by atoms with Gasteiger partial charge < -0.3 is 0 Å². The van der Waals surface area contributed by atoms with Crippen LogP contribution in [0.5, 0.6) is 0 Å². The van der Waals surface area contributed by atoms with Crippen LogP contribution in [0.15, 0.2) is 76.0 Å². The topological polar surface area (TPSA) is 114 Å². The number of benzene rings is 2. The lowest BCUT2D eigenvalue weighted by molar-refractivity contribution is -0.384. The van der Waals surface area contributed by atoms with Gasteiger partial charge in [-0.1, -0.05) is 24.3 Å². The van der Waals surface area contributed by atoms with Crippen molar-refractivity contribution in [3.05, 3.63) is 81.0 Å². The van der Waals surface area contributed by atoms with E-state index in [0.29, 0.717) is 5.69 Å². The van der Waals surface area contributed by atoms with E-state index in [1.54, 1.807) is 30.3 Å². The van der Waals surface area contributed by atoms with Crippen LogP contribution in [0.4, 0.5) is 17.1 Å². The number of nitro benzene ring substituents is 1. The van der Waals surface area contributed by atoms with E-state index in [1.165, 1.54) is 29.7 Å². The summed E-state index contributed by atoms with van der Waals surface area (Å²) in [6.07, 6.45) is 1.52. The molecule has 1 heterocycles. The zero-order chi connectivity index (χ0) is 19.3. The number of hydrogen-bond donors (Lipinski definition) is 2. The standard InChI is InChI=1S/C17H14N4O4S2/c22-21(23)17-11-15(27(24,25)20-13-5-2-1-3-6-13)8-9-16(17)19-18-12-14-7-4-10-26-14/h1-12,19-20H/b18-12+. The van der Waals surface area contributed by atoms with Gasteiger partial charge in [0.25, 0.3) is 15.7 Å². The molecule has 8 nitrogen and oxygen atoms in total. The number of sulfonamides is 1. The molecule has 0 aliphatic heterocycles. The van der Waals surface area contributed by atoms with Crippen molar-refractivity contribution in [2.75, 3.05) is 10.1 Å². The first kappa shape index (κ1) is 18.5.